The average molecular weight is 334 g/mol. The molecule has 0 unspecified atom stereocenters. The summed E-state index contributed by atoms with van der Waals surface area (Å²) in [6, 6.07) is 5.67. The number of oxazole rings is 1. The first-order valence-electron chi connectivity index (χ1n) is 5.99. The van der Waals surface area contributed by atoms with Crippen molar-refractivity contribution in [2.45, 2.75) is 0 Å². The predicted octanol–water partition coefficient (Wildman–Crippen LogP) is 3.59. The maximum atomic E-state index is 12.3. The summed E-state index contributed by atoms with van der Waals surface area (Å²) in [4.78, 5) is 17.7. The molecule has 0 N–H and O–H groups in total. The molecule has 0 atom stereocenters. The molecule has 0 radical (unpaired) electrons. The molecule has 0 spiro atoms. The van der Waals surface area contributed by atoms with Crippen molar-refractivity contribution in [2.24, 2.45) is 0 Å². The third-order valence-electron chi connectivity index (χ3n) is 3.05. The quantitative estimate of drug-likeness (QED) is 0.683. The zero-order valence-corrected chi connectivity index (χ0v) is 12.6. The second-order valence-corrected chi connectivity index (χ2v) is 5.53. The van der Waals surface area contributed by atoms with Crippen LogP contribution < -0.4 is 0 Å². The number of amides is 1. The number of hydrogen-bond donors (Lipinski definition) is 0. The zero-order chi connectivity index (χ0) is 14.3. The number of fused-ring (bicyclic) bond motifs is 1. The summed E-state index contributed by atoms with van der Waals surface area (Å²) in [7, 11) is 3.45. The van der Waals surface area contributed by atoms with Crippen molar-refractivity contribution in [1.29, 1.82) is 0 Å². The molecule has 0 aliphatic carbocycles. The van der Waals surface area contributed by atoms with Gasteiger partial charge in [-0.25, -0.2) is 9.78 Å². The number of carbonyl (C=O) groups is 1. The standard InChI is InChI=1S/C14H12BrN3O2/c1-17(2)14(19)18-7-11(13-6-16-8-20-13)10-5-9(15)3-4-12(10)18/h3-8H,1-2H3. The van der Waals surface area contributed by atoms with Crippen molar-refractivity contribution in [3.05, 3.63) is 41.5 Å². The molecule has 0 saturated heterocycles. The molecule has 0 saturated carbocycles. The van der Waals surface area contributed by atoms with Crippen LogP contribution in [-0.2, 0) is 0 Å². The number of halogens is 1. The molecule has 3 aromatic rings. The normalized spacial score (nSPS) is 10.9. The summed E-state index contributed by atoms with van der Waals surface area (Å²) in [6.45, 7) is 0. The molecule has 0 bridgehead atoms. The third kappa shape index (κ3) is 2.02. The highest BCUT2D eigenvalue weighted by molar-refractivity contribution is 9.10. The zero-order valence-electron chi connectivity index (χ0n) is 11.0. The number of nitrogens with zero attached hydrogens (tertiary/aromatic N) is 3. The lowest BCUT2D eigenvalue weighted by atomic mass is 10.1. The van der Waals surface area contributed by atoms with E-state index in [9.17, 15) is 4.79 Å². The first-order valence-corrected chi connectivity index (χ1v) is 6.78. The molecular weight excluding hydrogens is 322 g/mol. The van der Waals surface area contributed by atoms with Crippen LogP contribution in [0.15, 0.2) is 45.9 Å². The highest BCUT2D eigenvalue weighted by atomic mass is 79.9. The molecule has 6 heteroatoms. The second kappa shape index (κ2) is 4.79. The van der Waals surface area contributed by atoms with Crippen molar-refractivity contribution in [1.82, 2.24) is 14.5 Å². The van der Waals surface area contributed by atoms with E-state index in [1.165, 1.54) is 11.3 Å². The van der Waals surface area contributed by atoms with E-state index in [0.29, 0.717) is 5.76 Å². The van der Waals surface area contributed by atoms with Crippen LogP contribution >= 0.6 is 15.9 Å². The summed E-state index contributed by atoms with van der Waals surface area (Å²) >= 11 is 3.45. The molecule has 5 nitrogen and oxygen atoms in total. The van der Waals surface area contributed by atoms with Gasteiger partial charge >= 0.3 is 6.03 Å². The summed E-state index contributed by atoms with van der Waals surface area (Å²) in [5.74, 6) is 0.637. The lowest BCUT2D eigenvalue weighted by Crippen LogP contribution is -2.26. The van der Waals surface area contributed by atoms with Gasteiger partial charge in [-0.2, -0.15) is 0 Å². The van der Waals surface area contributed by atoms with E-state index >= 15 is 0 Å². The fraction of sp³-hybridized carbons (Fsp3) is 0.143. The highest BCUT2D eigenvalue weighted by Gasteiger charge is 2.17. The minimum absolute atomic E-state index is 0.108. The van der Waals surface area contributed by atoms with Crippen LogP contribution in [-0.4, -0.2) is 34.6 Å². The van der Waals surface area contributed by atoms with Crippen LogP contribution in [0.2, 0.25) is 0 Å². The minimum Gasteiger partial charge on any atom is -0.443 e. The molecule has 1 aromatic carbocycles. The number of carbonyl (C=O) groups excluding carboxylic acids is 1. The maximum Gasteiger partial charge on any atom is 0.328 e. The largest absolute Gasteiger partial charge is 0.443 e. The van der Waals surface area contributed by atoms with Crippen molar-refractivity contribution >= 4 is 32.9 Å². The number of aromatic nitrogens is 2. The number of hydrogen-bond acceptors (Lipinski definition) is 3. The monoisotopic (exact) mass is 333 g/mol. The molecule has 0 fully saturated rings. The molecule has 1 amide bonds. The van der Waals surface area contributed by atoms with E-state index in [2.05, 4.69) is 20.9 Å². The van der Waals surface area contributed by atoms with Gasteiger partial charge in [0.05, 0.1) is 11.7 Å². The van der Waals surface area contributed by atoms with Crippen molar-refractivity contribution in [2.75, 3.05) is 14.1 Å². The van der Waals surface area contributed by atoms with E-state index in [0.717, 1.165) is 20.9 Å². The van der Waals surface area contributed by atoms with Gasteiger partial charge in [0, 0.05) is 35.7 Å². The lowest BCUT2D eigenvalue weighted by molar-refractivity contribution is 0.220. The number of benzene rings is 1. The SMILES string of the molecule is CN(C)C(=O)n1cc(-c2cnco2)c2cc(Br)ccc21. The van der Waals surface area contributed by atoms with Gasteiger partial charge in [0.1, 0.15) is 0 Å². The Morgan fingerprint density at radius 1 is 1.40 bits per heavy atom. The second-order valence-electron chi connectivity index (χ2n) is 4.62. The van der Waals surface area contributed by atoms with Gasteiger partial charge in [-0.05, 0) is 18.2 Å². The molecule has 2 aromatic heterocycles. The topological polar surface area (TPSA) is 51.3 Å². The van der Waals surface area contributed by atoms with E-state index in [1.54, 1.807) is 31.1 Å². The van der Waals surface area contributed by atoms with Gasteiger partial charge in [0.2, 0.25) is 0 Å². The fourth-order valence-electron chi connectivity index (χ4n) is 2.12. The van der Waals surface area contributed by atoms with Crippen LogP contribution in [0.4, 0.5) is 4.79 Å². The predicted molar refractivity (Wildman–Crippen MR) is 79.6 cm³/mol. The van der Waals surface area contributed by atoms with E-state index in [4.69, 9.17) is 4.42 Å². The Morgan fingerprint density at radius 3 is 2.85 bits per heavy atom. The van der Waals surface area contributed by atoms with Gasteiger partial charge in [-0.1, -0.05) is 15.9 Å². The summed E-state index contributed by atoms with van der Waals surface area (Å²) in [5.41, 5.74) is 1.67. The summed E-state index contributed by atoms with van der Waals surface area (Å²) < 4.78 is 7.91. The Bertz CT molecular complexity index is 775. The number of rotatable bonds is 1. The van der Waals surface area contributed by atoms with Crippen LogP contribution in [0.25, 0.3) is 22.2 Å². The molecule has 0 aliphatic rings. The summed E-state index contributed by atoms with van der Waals surface area (Å²) in [5, 5.41) is 0.936. The molecule has 3 rings (SSSR count). The smallest absolute Gasteiger partial charge is 0.328 e. The van der Waals surface area contributed by atoms with Crippen molar-refractivity contribution in [3.63, 3.8) is 0 Å². The average Bonchev–Trinajstić information content (AvgIpc) is 3.03. The molecule has 0 aliphatic heterocycles. The Morgan fingerprint density at radius 2 is 2.20 bits per heavy atom. The Kier molecular flexibility index (Phi) is 3.10. The van der Waals surface area contributed by atoms with Crippen LogP contribution in [0, 0.1) is 0 Å². The molecule has 20 heavy (non-hydrogen) atoms. The van der Waals surface area contributed by atoms with Crippen LogP contribution in [0.1, 0.15) is 0 Å². The molecular formula is C14H12BrN3O2. The van der Waals surface area contributed by atoms with E-state index in [1.807, 2.05) is 18.2 Å². The Balaban J connectivity index is 2.30. The Labute approximate surface area is 123 Å². The van der Waals surface area contributed by atoms with Gasteiger partial charge in [0.25, 0.3) is 0 Å². The third-order valence-corrected chi connectivity index (χ3v) is 3.55. The van der Waals surface area contributed by atoms with Crippen molar-refractivity contribution < 1.29 is 9.21 Å². The first kappa shape index (κ1) is 12.9. The Hall–Kier alpha value is -2.08. The van der Waals surface area contributed by atoms with E-state index in [-0.39, 0.29) is 6.03 Å². The van der Waals surface area contributed by atoms with Gasteiger partial charge in [0.15, 0.2) is 12.2 Å². The first-order chi connectivity index (χ1) is 9.58. The maximum absolute atomic E-state index is 12.3. The van der Waals surface area contributed by atoms with Gasteiger partial charge in [-0.15, -0.1) is 0 Å². The van der Waals surface area contributed by atoms with E-state index < -0.39 is 0 Å². The van der Waals surface area contributed by atoms with Gasteiger partial charge < -0.3 is 9.32 Å². The highest BCUT2D eigenvalue weighted by Crippen LogP contribution is 2.32. The molecule has 102 valence electrons. The fourth-order valence-corrected chi connectivity index (χ4v) is 2.48. The summed E-state index contributed by atoms with van der Waals surface area (Å²) in [6.07, 6.45) is 4.80. The van der Waals surface area contributed by atoms with Gasteiger partial charge in [-0.3, -0.25) is 4.57 Å². The van der Waals surface area contributed by atoms with Crippen LogP contribution in [0.5, 0.6) is 0 Å². The van der Waals surface area contributed by atoms with Crippen LogP contribution in [0.3, 0.4) is 0 Å². The minimum atomic E-state index is -0.108. The van der Waals surface area contributed by atoms with Crippen molar-refractivity contribution in [3.8, 4) is 11.3 Å². The molecule has 2 heterocycles. The lowest BCUT2D eigenvalue weighted by Gasteiger charge is -2.11.